The first-order valence-electron chi connectivity index (χ1n) is 6.99. The normalized spacial score (nSPS) is 13.2. The van der Waals surface area contributed by atoms with Crippen LogP contribution < -0.4 is 5.30 Å². The Bertz CT molecular complexity index is 551. The summed E-state index contributed by atoms with van der Waals surface area (Å²) in [5.74, 6) is 0. The van der Waals surface area contributed by atoms with Gasteiger partial charge in [0.15, 0.2) is 0 Å². The van der Waals surface area contributed by atoms with Crippen LogP contribution in [0.1, 0.15) is 41.5 Å². The molecule has 0 fully saturated rings. The quantitative estimate of drug-likeness (QED) is 0.597. The van der Waals surface area contributed by atoms with Gasteiger partial charge in [-0.3, -0.25) is 0 Å². The van der Waals surface area contributed by atoms with E-state index in [1.807, 2.05) is 0 Å². The summed E-state index contributed by atoms with van der Waals surface area (Å²) in [5.41, 5.74) is 0. The van der Waals surface area contributed by atoms with Crippen molar-refractivity contribution >= 4 is 24.0 Å². The highest BCUT2D eigenvalue weighted by Crippen LogP contribution is 2.58. The maximum Gasteiger partial charge on any atom is -0.0107 e. The van der Waals surface area contributed by atoms with Crippen LogP contribution in [0.2, 0.25) is 0 Å². The first-order valence-corrected chi connectivity index (χ1v) is 8.33. The molecule has 0 unspecified atom stereocenters. The largest absolute Gasteiger partial charge is 0.0636 e. The van der Waals surface area contributed by atoms with E-state index in [1.54, 1.807) is 5.30 Å². The summed E-state index contributed by atoms with van der Waals surface area (Å²) >= 11 is 0. The van der Waals surface area contributed by atoms with Crippen molar-refractivity contribution in [2.75, 3.05) is 0 Å². The molecule has 0 atom stereocenters. The van der Waals surface area contributed by atoms with Gasteiger partial charge in [-0.1, -0.05) is 91.9 Å². The van der Waals surface area contributed by atoms with Crippen LogP contribution in [0.15, 0.2) is 42.5 Å². The maximum absolute atomic E-state index is 2.38. The average Bonchev–Trinajstić information content (AvgIpc) is 2.25. The summed E-state index contributed by atoms with van der Waals surface area (Å²) in [5, 5.41) is 4.98. The Morgan fingerprint density at radius 3 is 1.79 bits per heavy atom. The lowest BCUT2D eigenvalue weighted by Gasteiger charge is -2.42. The molecule has 0 aliphatic heterocycles. The minimum absolute atomic E-state index is 0.238. The van der Waals surface area contributed by atoms with E-state index in [2.05, 4.69) is 84.0 Å². The van der Waals surface area contributed by atoms with Gasteiger partial charge >= 0.3 is 0 Å². The molecular formula is C18H25P. The molecule has 0 aliphatic carbocycles. The predicted octanol–water partition coefficient (Wildman–Crippen LogP) is 5.54. The highest BCUT2D eigenvalue weighted by molar-refractivity contribution is 7.69. The van der Waals surface area contributed by atoms with Crippen molar-refractivity contribution in [1.29, 1.82) is 0 Å². The van der Waals surface area contributed by atoms with Gasteiger partial charge < -0.3 is 0 Å². The lowest BCUT2D eigenvalue weighted by molar-refractivity contribution is 0.715. The first kappa shape index (κ1) is 14.5. The number of hydrogen-bond donors (Lipinski definition) is 0. The molecule has 0 saturated heterocycles. The zero-order valence-electron chi connectivity index (χ0n) is 13.0. The number of fused-ring (bicyclic) bond motifs is 1. The number of hydrogen-bond acceptors (Lipinski definition) is 0. The molecule has 0 saturated carbocycles. The third kappa shape index (κ3) is 3.00. The van der Waals surface area contributed by atoms with Crippen LogP contribution >= 0.6 is 7.92 Å². The van der Waals surface area contributed by atoms with Crippen LogP contribution in [0.5, 0.6) is 0 Å². The molecule has 2 aromatic rings. The summed E-state index contributed by atoms with van der Waals surface area (Å²) < 4.78 is 0. The number of rotatable bonds is 1. The molecule has 0 aliphatic rings. The van der Waals surface area contributed by atoms with Crippen LogP contribution in [0.25, 0.3) is 10.8 Å². The lowest BCUT2D eigenvalue weighted by atomic mass is 10.1. The van der Waals surface area contributed by atoms with Gasteiger partial charge in [-0.05, 0) is 26.4 Å². The minimum atomic E-state index is -0.238. The molecular weight excluding hydrogens is 247 g/mol. The van der Waals surface area contributed by atoms with Gasteiger partial charge in [-0.2, -0.15) is 0 Å². The van der Waals surface area contributed by atoms with Gasteiger partial charge in [0, 0.05) is 0 Å². The minimum Gasteiger partial charge on any atom is -0.0636 e. The van der Waals surface area contributed by atoms with E-state index < -0.39 is 0 Å². The Morgan fingerprint density at radius 2 is 1.21 bits per heavy atom. The summed E-state index contributed by atoms with van der Waals surface area (Å²) in [6.07, 6.45) is 0. The van der Waals surface area contributed by atoms with Crippen molar-refractivity contribution in [3.63, 3.8) is 0 Å². The zero-order valence-corrected chi connectivity index (χ0v) is 13.9. The zero-order chi connectivity index (χ0) is 14.3. The predicted molar refractivity (Wildman–Crippen MR) is 90.0 cm³/mol. The second-order valence-electron chi connectivity index (χ2n) is 7.18. The van der Waals surface area contributed by atoms with Crippen molar-refractivity contribution < 1.29 is 0 Å². The van der Waals surface area contributed by atoms with Crippen LogP contribution in [-0.4, -0.2) is 10.3 Å². The molecule has 2 rings (SSSR count). The van der Waals surface area contributed by atoms with E-state index in [9.17, 15) is 0 Å². The lowest BCUT2D eigenvalue weighted by Crippen LogP contribution is -2.31. The molecule has 0 N–H and O–H groups in total. The van der Waals surface area contributed by atoms with E-state index in [1.165, 1.54) is 10.8 Å². The van der Waals surface area contributed by atoms with Gasteiger partial charge in [0.05, 0.1) is 0 Å². The van der Waals surface area contributed by atoms with E-state index in [0.717, 1.165) is 0 Å². The fourth-order valence-electron chi connectivity index (χ4n) is 3.13. The molecule has 0 spiro atoms. The Labute approximate surface area is 119 Å². The highest BCUT2D eigenvalue weighted by Gasteiger charge is 2.36. The Hall–Kier alpha value is -0.870. The molecule has 0 heterocycles. The molecule has 0 nitrogen and oxygen atoms in total. The standard InChI is InChI=1S/C18H25P/c1-17(2,3)19(18(4,5)6)16-13-9-11-14-10-7-8-12-15(14)16/h7-13H,1-6H3. The number of benzene rings is 2. The molecule has 0 radical (unpaired) electrons. The van der Waals surface area contributed by atoms with Crippen molar-refractivity contribution in [3.05, 3.63) is 42.5 Å². The fourth-order valence-corrected chi connectivity index (χ4v) is 7.27. The van der Waals surface area contributed by atoms with Crippen LogP contribution in [0.4, 0.5) is 0 Å². The molecule has 1 heteroatoms. The molecule has 0 amide bonds. The monoisotopic (exact) mass is 272 g/mol. The third-order valence-electron chi connectivity index (χ3n) is 3.35. The Balaban J connectivity index is 2.70. The topological polar surface area (TPSA) is 0 Å². The van der Waals surface area contributed by atoms with Crippen LogP contribution in [0, 0.1) is 0 Å². The van der Waals surface area contributed by atoms with Gasteiger partial charge in [-0.25, -0.2) is 0 Å². The fraction of sp³-hybridized carbons (Fsp3) is 0.444. The van der Waals surface area contributed by atoms with Crippen LogP contribution in [0.3, 0.4) is 0 Å². The third-order valence-corrected chi connectivity index (χ3v) is 6.90. The van der Waals surface area contributed by atoms with E-state index in [0.29, 0.717) is 10.3 Å². The molecule has 19 heavy (non-hydrogen) atoms. The van der Waals surface area contributed by atoms with E-state index in [-0.39, 0.29) is 7.92 Å². The smallest absolute Gasteiger partial charge is 0.0107 e. The van der Waals surface area contributed by atoms with Gasteiger partial charge in [0.1, 0.15) is 0 Å². The molecule has 0 aromatic heterocycles. The Morgan fingerprint density at radius 1 is 0.684 bits per heavy atom. The second kappa shape index (κ2) is 4.91. The van der Waals surface area contributed by atoms with Gasteiger partial charge in [-0.15, -0.1) is 0 Å². The van der Waals surface area contributed by atoms with E-state index in [4.69, 9.17) is 0 Å². The van der Waals surface area contributed by atoms with Crippen molar-refractivity contribution in [1.82, 2.24) is 0 Å². The van der Waals surface area contributed by atoms with Gasteiger partial charge in [0.2, 0.25) is 0 Å². The van der Waals surface area contributed by atoms with Crippen molar-refractivity contribution in [3.8, 4) is 0 Å². The van der Waals surface area contributed by atoms with Crippen LogP contribution in [-0.2, 0) is 0 Å². The van der Waals surface area contributed by atoms with Gasteiger partial charge in [0.25, 0.3) is 0 Å². The Kier molecular flexibility index (Phi) is 3.76. The molecule has 2 aromatic carbocycles. The summed E-state index contributed by atoms with van der Waals surface area (Å²) in [6.45, 7) is 14.3. The average molecular weight is 272 g/mol. The first-order chi connectivity index (χ1) is 8.71. The van der Waals surface area contributed by atoms with E-state index >= 15 is 0 Å². The molecule has 102 valence electrons. The summed E-state index contributed by atoms with van der Waals surface area (Å²) in [4.78, 5) is 0. The maximum atomic E-state index is 2.38. The highest BCUT2D eigenvalue weighted by atomic mass is 31.1. The second-order valence-corrected chi connectivity index (χ2v) is 11.0. The molecule has 0 bridgehead atoms. The summed E-state index contributed by atoms with van der Waals surface area (Å²) in [7, 11) is -0.238. The van der Waals surface area contributed by atoms with Crippen molar-refractivity contribution in [2.24, 2.45) is 0 Å². The SMILES string of the molecule is CC(C)(C)P(c1cccc2ccccc12)C(C)(C)C. The van der Waals surface area contributed by atoms with Crippen molar-refractivity contribution in [2.45, 2.75) is 51.9 Å². The summed E-state index contributed by atoms with van der Waals surface area (Å²) in [6, 6.07) is 15.6.